The smallest absolute Gasteiger partial charge is 0.0705 e. The lowest BCUT2D eigenvalue weighted by atomic mass is 10.4. The van der Waals surface area contributed by atoms with E-state index in [1.54, 1.807) is 0 Å². The van der Waals surface area contributed by atoms with Crippen molar-refractivity contribution in [3.63, 3.8) is 0 Å². The van der Waals surface area contributed by atoms with Crippen LogP contribution in [-0.4, -0.2) is 17.5 Å². The predicted octanol–water partition coefficient (Wildman–Crippen LogP) is 0.816. The van der Waals surface area contributed by atoms with E-state index in [1.807, 2.05) is 0 Å². The molecule has 72 valence electrons. The van der Waals surface area contributed by atoms with E-state index in [-0.39, 0.29) is 14.8 Å². The molecule has 0 aliphatic rings. The van der Waals surface area contributed by atoms with Crippen molar-refractivity contribution in [3.05, 3.63) is 23.2 Å². The van der Waals surface area contributed by atoms with E-state index in [1.165, 1.54) is 18.2 Å². The zero-order valence-electron chi connectivity index (χ0n) is 6.06. The van der Waals surface area contributed by atoms with Gasteiger partial charge >= 0.3 is 0 Å². The molecule has 0 fully saturated rings. The molecule has 0 heterocycles. The molecule has 4 nitrogen and oxygen atoms in total. The van der Waals surface area contributed by atoms with E-state index in [4.69, 9.17) is 11.6 Å². The van der Waals surface area contributed by atoms with Gasteiger partial charge in [0.15, 0.2) is 0 Å². The Hall–Kier alpha value is -0.270. The van der Waals surface area contributed by atoms with E-state index < -0.39 is 22.2 Å². The number of rotatable bonds is 2. The van der Waals surface area contributed by atoms with Crippen LogP contribution in [0.5, 0.6) is 0 Å². The first-order valence-electron chi connectivity index (χ1n) is 3.01. The second kappa shape index (κ2) is 4.30. The summed E-state index contributed by atoms with van der Waals surface area (Å²) in [7, 11) is 0. The van der Waals surface area contributed by atoms with Gasteiger partial charge in [-0.3, -0.25) is 8.42 Å². The average Bonchev–Trinajstić information content (AvgIpc) is 2.03. The highest BCUT2D eigenvalue weighted by Gasteiger charge is 2.06. The normalized spacial score (nSPS) is 15.3. The van der Waals surface area contributed by atoms with Gasteiger partial charge in [-0.15, -0.1) is 0 Å². The zero-order valence-corrected chi connectivity index (χ0v) is 8.45. The summed E-state index contributed by atoms with van der Waals surface area (Å²) in [4.78, 5) is -0.438. The molecular formula is C6H3ClO4S2-2. The van der Waals surface area contributed by atoms with Crippen LogP contribution in [-0.2, 0) is 22.2 Å². The molecule has 1 aromatic carbocycles. The molecule has 7 heteroatoms. The lowest BCUT2D eigenvalue weighted by molar-refractivity contribution is 0.535. The highest BCUT2D eigenvalue weighted by Crippen LogP contribution is 2.25. The summed E-state index contributed by atoms with van der Waals surface area (Å²) in [5.41, 5.74) is 0. The first-order valence-corrected chi connectivity index (χ1v) is 5.54. The predicted molar refractivity (Wildman–Crippen MR) is 45.8 cm³/mol. The third-order valence-corrected chi connectivity index (χ3v) is 3.32. The van der Waals surface area contributed by atoms with Gasteiger partial charge in [0.05, 0.1) is 5.02 Å². The number of hydrogen-bond acceptors (Lipinski definition) is 4. The van der Waals surface area contributed by atoms with E-state index in [0.717, 1.165) is 0 Å². The number of benzene rings is 1. The van der Waals surface area contributed by atoms with Gasteiger partial charge < -0.3 is 9.11 Å². The van der Waals surface area contributed by atoms with Gasteiger partial charge in [-0.05, 0) is 34.3 Å². The van der Waals surface area contributed by atoms with Crippen molar-refractivity contribution >= 4 is 33.8 Å². The van der Waals surface area contributed by atoms with Crippen LogP contribution in [0.2, 0.25) is 5.02 Å². The summed E-state index contributed by atoms with van der Waals surface area (Å²) in [6, 6.07) is 3.76. The van der Waals surface area contributed by atoms with Crippen LogP contribution in [0.4, 0.5) is 0 Å². The third-order valence-electron chi connectivity index (χ3n) is 1.29. The van der Waals surface area contributed by atoms with Crippen LogP contribution in [0.3, 0.4) is 0 Å². The molecule has 0 aliphatic heterocycles. The van der Waals surface area contributed by atoms with Gasteiger partial charge in [0.2, 0.25) is 0 Å². The Morgan fingerprint density at radius 2 is 1.46 bits per heavy atom. The Balaban J connectivity index is 3.35. The molecular weight excluding hydrogens is 236 g/mol. The van der Waals surface area contributed by atoms with Gasteiger partial charge in [0.25, 0.3) is 0 Å². The molecule has 0 radical (unpaired) electrons. The summed E-state index contributed by atoms with van der Waals surface area (Å²) in [6.45, 7) is 0. The second-order valence-electron chi connectivity index (χ2n) is 2.04. The lowest BCUT2D eigenvalue weighted by Crippen LogP contribution is -1.96. The maximum absolute atomic E-state index is 10.5. The van der Waals surface area contributed by atoms with Crippen LogP contribution in [0.25, 0.3) is 0 Å². The van der Waals surface area contributed by atoms with Gasteiger partial charge in [0.1, 0.15) is 0 Å². The lowest BCUT2D eigenvalue weighted by Gasteiger charge is -2.12. The fraction of sp³-hybridized carbons (Fsp3) is 0. The molecule has 0 bridgehead atoms. The summed E-state index contributed by atoms with van der Waals surface area (Å²) in [5.74, 6) is 0. The van der Waals surface area contributed by atoms with E-state index in [2.05, 4.69) is 0 Å². The molecule has 2 unspecified atom stereocenters. The second-order valence-corrected chi connectivity index (χ2v) is 4.23. The molecule has 0 saturated carbocycles. The van der Waals surface area contributed by atoms with Crippen molar-refractivity contribution in [2.24, 2.45) is 0 Å². The quantitative estimate of drug-likeness (QED) is 0.715. The van der Waals surface area contributed by atoms with Crippen molar-refractivity contribution in [2.45, 2.75) is 9.79 Å². The van der Waals surface area contributed by atoms with Gasteiger partial charge in [-0.2, -0.15) is 0 Å². The standard InChI is InChI=1S/C6H5ClO4S2/c7-6-4(12(8)9)2-1-3-5(6)13(10)11/h1-3H,(H,8,9)(H,10,11)/p-2. The minimum absolute atomic E-state index is 0.219. The third kappa shape index (κ3) is 2.35. The minimum atomic E-state index is -2.52. The van der Waals surface area contributed by atoms with Gasteiger partial charge in [0, 0.05) is 9.79 Å². The van der Waals surface area contributed by atoms with Crippen molar-refractivity contribution in [1.29, 1.82) is 0 Å². The highest BCUT2D eigenvalue weighted by atomic mass is 35.5. The van der Waals surface area contributed by atoms with Crippen molar-refractivity contribution in [1.82, 2.24) is 0 Å². The monoisotopic (exact) mass is 238 g/mol. The first-order chi connectivity index (χ1) is 6.04. The SMILES string of the molecule is O=S([O-])c1cccc(S(=O)[O-])c1Cl. The fourth-order valence-electron chi connectivity index (χ4n) is 0.748. The molecule has 0 N–H and O–H groups in total. The molecule has 0 aromatic heterocycles. The Morgan fingerprint density at radius 3 is 1.77 bits per heavy atom. The summed E-state index contributed by atoms with van der Waals surface area (Å²) in [6.07, 6.45) is 0. The molecule has 0 spiro atoms. The summed E-state index contributed by atoms with van der Waals surface area (Å²) >= 11 is 0.467. The molecule has 0 aliphatic carbocycles. The largest absolute Gasteiger partial charge is 0.768 e. The molecule has 0 amide bonds. The van der Waals surface area contributed by atoms with Crippen LogP contribution < -0.4 is 0 Å². The topological polar surface area (TPSA) is 80.3 Å². The maximum atomic E-state index is 10.5. The highest BCUT2D eigenvalue weighted by molar-refractivity contribution is 7.80. The molecule has 0 saturated heterocycles. The zero-order chi connectivity index (χ0) is 10.0. The van der Waals surface area contributed by atoms with Crippen LogP contribution in [0.1, 0.15) is 0 Å². The maximum Gasteiger partial charge on any atom is 0.0705 e. The first kappa shape index (κ1) is 10.8. The van der Waals surface area contributed by atoms with Crippen molar-refractivity contribution in [2.75, 3.05) is 0 Å². The Morgan fingerprint density at radius 1 is 1.08 bits per heavy atom. The summed E-state index contributed by atoms with van der Waals surface area (Å²) in [5, 5.41) is -0.274. The molecule has 13 heavy (non-hydrogen) atoms. The Bertz CT molecular complexity index is 347. The number of hydrogen-bond donors (Lipinski definition) is 0. The Kier molecular flexibility index (Phi) is 3.57. The van der Waals surface area contributed by atoms with Crippen LogP contribution >= 0.6 is 11.6 Å². The number of halogens is 1. The van der Waals surface area contributed by atoms with Crippen molar-refractivity contribution < 1.29 is 17.5 Å². The fourth-order valence-corrected chi connectivity index (χ4v) is 2.21. The average molecular weight is 239 g/mol. The molecule has 1 aromatic rings. The Labute approximate surface area is 84.5 Å². The summed E-state index contributed by atoms with van der Waals surface area (Å²) < 4.78 is 42.0. The minimum Gasteiger partial charge on any atom is -0.768 e. The van der Waals surface area contributed by atoms with E-state index in [0.29, 0.717) is 0 Å². The van der Waals surface area contributed by atoms with Crippen LogP contribution in [0.15, 0.2) is 28.0 Å². The molecule has 2 atom stereocenters. The van der Waals surface area contributed by atoms with E-state index in [9.17, 15) is 17.5 Å². The van der Waals surface area contributed by atoms with Gasteiger partial charge in [-0.25, -0.2) is 0 Å². The van der Waals surface area contributed by atoms with Gasteiger partial charge in [-0.1, -0.05) is 17.7 Å². The van der Waals surface area contributed by atoms with E-state index >= 15 is 0 Å². The van der Waals surface area contributed by atoms with Crippen LogP contribution in [0, 0.1) is 0 Å². The molecule has 1 rings (SSSR count). The van der Waals surface area contributed by atoms with Crippen molar-refractivity contribution in [3.8, 4) is 0 Å².